The minimum absolute atomic E-state index is 0.0742. The van der Waals surface area contributed by atoms with Crippen LogP contribution in [0.5, 0.6) is 0 Å². The normalized spacial score (nSPS) is 10.9. The Hall–Kier alpha value is -1.63. The standard InChI is InChI=1S/C11H21N5O2/c1-9-10(16(17)18)11(15(4)13-9)12-7-5-6-8-14(2)3/h12H,5-8H2,1-4H3. The van der Waals surface area contributed by atoms with E-state index in [0.717, 1.165) is 19.4 Å². The van der Waals surface area contributed by atoms with Gasteiger partial charge in [-0.25, -0.2) is 4.68 Å². The van der Waals surface area contributed by atoms with Crippen LogP contribution < -0.4 is 5.32 Å². The number of nitrogens with one attached hydrogen (secondary N) is 1. The van der Waals surface area contributed by atoms with Gasteiger partial charge in [0.25, 0.3) is 0 Å². The highest BCUT2D eigenvalue weighted by molar-refractivity contribution is 5.59. The summed E-state index contributed by atoms with van der Waals surface area (Å²) in [5.74, 6) is 0.488. The number of nitrogens with zero attached hydrogens (tertiary/aromatic N) is 4. The summed E-state index contributed by atoms with van der Waals surface area (Å²) < 4.78 is 1.53. The number of rotatable bonds is 7. The van der Waals surface area contributed by atoms with E-state index in [0.29, 0.717) is 18.1 Å². The van der Waals surface area contributed by atoms with Crippen molar-refractivity contribution in [2.45, 2.75) is 19.8 Å². The summed E-state index contributed by atoms with van der Waals surface area (Å²) in [5, 5.41) is 18.1. The van der Waals surface area contributed by atoms with Crippen LogP contribution in [0, 0.1) is 17.0 Å². The van der Waals surface area contributed by atoms with Crippen molar-refractivity contribution in [3.63, 3.8) is 0 Å². The van der Waals surface area contributed by atoms with Gasteiger partial charge in [0.2, 0.25) is 5.82 Å². The topological polar surface area (TPSA) is 76.2 Å². The quantitative estimate of drug-likeness (QED) is 0.452. The molecule has 0 amide bonds. The molecule has 0 unspecified atom stereocenters. The Balaban J connectivity index is 2.54. The summed E-state index contributed by atoms with van der Waals surface area (Å²) in [6.07, 6.45) is 2.03. The van der Waals surface area contributed by atoms with Crippen LogP contribution in [0.4, 0.5) is 11.5 Å². The average molecular weight is 255 g/mol. The number of hydrogen-bond donors (Lipinski definition) is 1. The first kappa shape index (κ1) is 14.4. The second-order valence-corrected chi connectivity index (χ2v) is 4.60. The first-order chi connectivity index (χ1) is 8.43. The third-order valence-electron chi connectivity index (χ3n) is 2.70. The molecule has 0 saturated carbocycles. The van der Waals surface area contributed by atoms with Gasteiger partial charge in [0.05, 0.1) is 4.92 Å². The fraction of sp³-hybridized carbons (Fsp3) is 0.727. The molecule has 0 spiro atoms. The van der Waals surface area contributed by atoms with Crippen molar-refractivity contribution in [3.8, 4) is 0 Å². The van der Waals surface area contributed by atoms with Crippen molar-refractivity contribution in [1.82, 2.24) is 14.7 Å². The molecule has 1 N–H and O–H groups in total. The molecule has 0 aliphatic rings. The minimum Gasteiger partial charge on any atom is -0.365 e. The Bertz CT molecular complexity index is 414. The molecule has 0 bridgehead atoms. The van der Waals surface area contributed by atoms with E-state index < -0.39 is 0 Å². The number of aromatic nitrogens is 2. The van der Waals surface area contributed by atoms with Gasteiger partial charge in [0.15, 0.2) is 0 Å². The van der Waals surface area contributed by atoms with Crippen LogP contribution in [0.2, 0.25) is 0 Å². The van der Waals surface area contributed by atoms with Gasteiger partial charge in [0.1, 0.15) is 5.69 Å². The highest BCUT2D eigenvalue weighted by Crippen LogP contribution is 2.26. The van der Waals surface area contributed by atoms with Gasteiger partial charge in [-0.15, -0.1) is 0 Å². The van der Waals surface area contributed by atoms with Crippen molar-refractivity contribution < 1.29 is 4.92 Å². The molecule has 0 aromatic carbocycles. The van der Waals surface area contributed by atoms with Crippen molar-refractivity contribution in [1.29, 1.82) is 0 Å². The van der Waals surface area contributed by atoms with Gasteiger partial charge in [-0.3, -0.25) is 10.1 Å². The molecule has 102 valence electrons. The first-order valence-corrected chi connectivity index (χ1v) is 6.00. The molecule has 18 heavy (non-hydrogen) atoms. The lowest BCUT2D eigenvalue weighted by Gasteiger charge is -2.09. The summed E-state index contributed by atoms with van der Waals surface area (Å²) in [6, 6.07) is 0. The highest BCUT2D eigenvalue weighted by Gasteiger charge is 2.23. The molecule has 0 atom stereocenters. The second-order valence-electron chi connectivity index (χ2n) is 4.60. The molecule has 1 aromatic rings. The average Bonchev–Trinajstić information content (AvgIpc) is 2.52. The van der Waals surface area contributed by atoms with E-state index in [-0.39, 0.29) is 10.6 Å². The van der Waals surface area contributed by atoms with Gasteiger partial charge in [-0.05, 0) is 40.4 Å². The molecular formula is C11H21N5O2. The Labute approximate surface area is 107 Å². The van der Waals surface area contributed by atoms with Crippen molar-refractivity contribution in [2.24, 2.45) is 7.05 Å². The van der Waals surface area contributed by atoms with Crippen LogP contribution in [-0.4, -0.2) is 46.8 Å². The predicted molar refractivity (Wildman–Crippen MR) is 70.9 cm³/mol. The largest absolute Gasteiger partial charge is 0.365 e. The summed E-state index contributed by atoms with van der Waals surface area (Å²) in [7, 11) is 5.77. The van der Waals surface area contributed by atoms with Gasteiger partial charge in [-0.1, -0.05) is 0 Å². The Morgan fingerprint density at radius 2 is 2.11 bits per heavy atom. The molecular weight excluding hydrogens is 234 g/mol. The molecule has 0 aliphatic heterocycles. The lowest BCUT2D eigenvalue weighted by molar-refractivity contribution is -0.384. The van der Waals surface area contributed by atoms with Crippen LogP contribution in [-0.2, 0) is 7.05 Å². The predicted octanol–water partition coefficient (Wildman–Crippen LogP) is 1.39. The molecule has 0 radical (unpaired) electrons. The van der Waals surface area contributed by atoms with E-state index in [9.17, 15) is 10.1 Å². The van der Waals surface area contributed by atoms with Crippen molar-refractivity contribution >= 4 is 11.5 Å². The Morgan fingerprint density at radius 1 is 1.44 bits per heavy atom. The fourth-order valence-electron chi connectivity index (χ4n) is 1.82. The SMILES string of the molecule is Cc1nn(C)c(NCCCCN(C)C)c1[N+](=O)[O-]. The van der Waals surface area contributed by atoms with Crippen molar-refractivity contribution in [2.75, 3.05) is 32.5 Å². The van der Waals surface area contributed by atoms with Crippen LogP contribution in [0.1, 0.15) is 18.5 Å². The van der Waals surface area contributed by atoms with Crippen molar-refractivity contribution in [3.05, 3.63) is 15.8 Å². The number of hydrogen-bond acceptors (Lipinski definition) is 5. The molecule has 1 aromatic heterocycles. The molecule has 7 nitrogen and oxygen atoms in total. The maximum Gasteiger partial charge on any atom is 0.333 e. The fourth-order valence-corrected chi connectivity index (χ4v) is 1.82. The number of unbranched alkanes of at least 4 members (excludes halogenated alkanes) is 1. The zero-order valence-corrected chi connectivity index (χ0v) is 11.4. The van der Waals surface area contributed by atoms with Gasteiger partial charge < -0.3 is 10.2 Å². The third kappa shape index (κ3) is 3.69. The summed E-state index contributed by atoms with van der Waals surface area (Å²) in [4.78, 5) is 12.7. The highest BCUT2D eigenvalue weighted by atomic mass is 16.6. The van der Waals surface area contributed by atoms with E-state index in [1.165, 1.54) is 4.68 Å². The minimum atomic E-state index is -0.384. The van der Waals surface area contributed by atoms with E-state index in [4.69, 9.17) is 0 Å². The smallest absolute Gasteiger partial charge is 0.333 e. The maximum atomic E-state index is 10.9. The molecule has 0 fully saturated rings. The third-order valence-corrected chi connectivity index (χ3v) is 2.70. The van der Waals surface area contributed by atoms with E-state index >= 15 is 0 Å². The zero-order valence-electron chi connectivity index (χ0n) is 11.4. The van der Waals surface area contributed by atoms with Crippen LogP contribution in [0.25, 0.3) is 0 Å². The number of aryl methyl sites for hydroxylation is 2. The molecule has 1 heterocycles. The summed E-state index contributed by atoms with van der Waals surface area (Å²) in [6.45, 7) is 3.39. The van der Waals surface area contributed by atoms with E-state index in [2.05, 4.69) is 15.3 Å². The molecule has 0 aliphatic carbocycles. The van der Waals surface area contributed by atoms with E-state index in [1.54, 1.807) is 14.0 Å². The van der Waals surface area contributed by atoms with E-state index in [1.807, 2.05) is 14.1 Å². The Morgan fingerprint density at radius 3 is 2.67 bits per heavy atom. The van der Waals surface area contributed by atoms with Crippen LogP contribution >= 0.6 is 0 Å². The number of anilines is 1. The number of nitro groups is 1. The van der Waals surface area contributed by atoms with Gasteiger partial charge >= 0.3 is 5.69 Å². The van der Waals surface area contributed by atoms with Gasteiger partial charge in [-0.2, -0.15) is 5.10 Å². The summed E-state index contributed by atoms with van der Waals surface area (Å²) >= 11 is 0. The molecule has 7 heteroatoms. The first-order valence-electron chi connectivity index (χ1n) is 6.00. The monoisotopic (exact) mass is 255 g/mol. The zero-order chi connectivity index (χ0) is 13.7. The lowest BCUT2D eigenvalue weighted by Crippen LogP contribution is -2.15. The molecule has 0 saturated heterocycles. The Kier molecular flexibility index (Phi) is 5.08. The second kappa shape index (κ2) is 6.34. The summed E-state index contributed by atoms with van der Waals surface area (Å²) in [5.41, 5.74) is 0.517. The van der Waals surface area contributed by atoms with Crippen LogP contribution in [0.3, 0.4) is 0 Å². The molecule has 1 rings (SSSR count). The maximum absolute atomic E-state index is 10.9. The van der Waals surface area contributed by atoms with Crippen LogP contribution in [0.15, 0.2) is 0 Å². The van der Waals surface area contributed by atoms with Gasteiger partial charge in [0, 0.05) is 13.6 Å². The lowest BCUT2D eigenvalue weighted by atomic mass is 10.3.